The number of unbranched alkanes of at least 4 members (excludes halogenated alkanes) is 2. The predicted octanol–water partition coefficient (Wildman–Crippen LogP) is 3.02. The number of ether oxygens (including phenoxy) is 1. The van der Waals surface area contributed by atoms with Crippen molar-refractivity contribution in [2.24, 2.45) is 5.14 Å². The maximum absolute atomic E-state index is 11.9. The summed E-state index contributed by atoms with van der Waals surface area (Å²) < 4.78 is 28.8. The van der Waals surface area contributed by atoms with E-state index in [9.17, 15) is 8.42 Å². The Hall–Kier alpha value is -1.93. The number of hydrogen-bond acceptors (Lipinski definition) is 5. The lowest BCUT2D eigenvalue weighted by atomic mass is 10.0. The molecule has 7 heteroatoms. The van der Waals surface area contributed by atoms with Gasteiger partial charge in [-0.3, -0.25) is 4.90 Å². The summed E-state index contributed by atoms with van der Waals surface area (Å²) in [6, 6.07) is 16.1. The third-order valence-electron chi connectivity index (χ3n) is 5.67. The van der Waals surface area contributed by atoms with Crippen LogP contribution in [0.5, 0.6) is 0 Å². The number of nitrogens with zero attached hydrogens (tertiary/aromatic N) is 2. The molecule has 0 aliphatic carbocycles. The predicted molar refractivity (Wildman–Crippen MR) is 121 cm³/mol. The smallest absolute Gasteiger partial charge is 0.238 e. The van der Waals surface area contributed by atoms with Crippen LogP contribution in [0.4, 0.5) is 5.69 Å². The maximum Gasteiger partial charge on any atom is 0.238 e. The third kappa shape index (κ3) is 6.54. The Morgan fingerprint density at radius 1 is 0.967 bits per heavy atom. The molecule has 0 radical (unpaired) electrons. The molecule has 1 saturated heterocycles. The molecule has 0 aromatic heterocycles. The van der Waals surface area contributed by atoms with Crippen molar-refractivity contribution in [1.82, 2.24) is 4.90 Å². The van der Waals surface area contributed by atoms with E-state index in [1.165, 1.54) is 5.69 Å². The van der Waals surface area contributed by atoms with Gasteiger partial charge in [0.25, 0.3) is 0 Å². The highest BCUT2D eigenvalue weighted by molar-refractivity contribution is 7.89. The molecule has 1 aliphatic rings. The Balaban J connectivity index is 1.39. The van der Waals surface area contributed by atoms with E-state index in [1.807, 2.05) is 12.1 Å². The molecule has 0 bridgehead atoms. The average Bonchev–Trinajstić information content (AvgIpc) is 2.75. The number of hydrogen-bond donors (Lipinski definition) is 1. The number of sulfonamides is 1. The van der Waals surface area contributed by atoms with Crippen LogP contribution in [0.1, 0.15) is 30.4 Å². The fourth-order valence-electron chi connectivity index (χ4n) is 4.00. The average molecular weight is 432 g/mol. The van der Waals surface area contributed by atoms with Crippen LogP contribution in [-0.4, -0.2) is 53.2 Å². The molecule has 164 valence electrons. The van der Waals surface area contributed by atoms with E-state index in [1.54, 1.807) is 13.2 Å². The zero-order valence-corrected chi connectivity index (χ0v) is 18.6. The Labute approximate surface area is 180 Å². The summed E-state index contributed by atoms with van der Waals surface area (Å²) >= 11 is 0. The van der Waals surface area contributed by atoms with Gasteiger partial charge in [0.1, 0.15) is 0 Å². The summed E-state index contributed by atoms with van der Waals surface area (Å²) in [6.07, 6.45) is 4.19. The van der Waals surface area contributed by atoms with E-state index in [2.05, 4.69) is 40.1 Å². The first-order chi connectivity index (χ1) is 14.5. The first kappa shape index (κ1) is 22.7. The third-order valence-corrected chi connectivity index (χ3v) is 6.66. The van der Waals surface area contributed by atoms with Gasteiger partial charge in [0.2, 0.25) is 10.0 Å². The molecule has 0 saturated carbocycles. The van der Waals surface area contributed by atoms with Crippen molar-refractivity contribution in [3.05, 3.63) is 59.7 Å². The monoisotopic (exact) mass is 431 g/mol. The second-order valence-corrected chi connectivity index (χ2v) is 9.42. The van der Waals surface area contributed by atoms with Crippen LogP contribution in [-0.2, 0) is 27.8 Å². The van der Waals surface area contributed by atoms with Gasteiger partial charge in [-0.05, 0) is 55.1 Å². The van der Waals surface area contributed by atoms with Crippen molar-refractivity contribution >= 4 is 15.7 Å². The van der Waals surface area contributed by atoms with Crippen LogP contribution in [0.25, 0.3) is 0 Å². The van der Waals surface area contributed by atoms with E-state index in [0.717, 1.165) is 64.0 Å². The number of anilines is 1. The second kappa shape index (κ2) is 10.9. The van der Waals surface area contributed by atoms with Crippen molar-refractivity contribution in [2.45, 2.75) is 37.2 Å². The summed E-state index contributed by atoms with van der Waals surface area (Å²) in [5.74, 6) is 0. The molecule has 1 heterocycles. The van der Waals surface area contributed by atoms with Gasteiger partial charge in [-0.25, -0.2) is 13.6 Å². The zero-order chi connectivity index (χ0) is 21.4. The number of nitrogens with two attached hydrogens (primary N) is 1. The maximum atomic E-state index is 11.9. The summed E-state index contributed by atoms with van der Waals surface area (Å²) in [5.41, 5.74) is 2.93. The Kier molecular flexibility index (Phi) is 8.27. The van der Waals surface area contributed by atoms with Crippen molar-refractivity contribution in [1.29, 1.82) is 0 Å². The number of piperazine rings is 1. The number of methoxy groups -OCH3 is 1. The molecular weight excluding hydrogens is 398 g/mol. The van der Waals surface area contributed by atoms with Gasteiger partial charge in [-0.2, -0.15) is 0 Å². The first-order valence-corrected chi connectivity index (χ1v) is 12.2. The highest BCUT2D eigenvalue weighted by Crippen LogP contribution is 2.20. The van der Waals surface area contributed by atoms with E-state index in [-0.39, 0.29) is 11.5 Å². The highest BCUT2D eigenvalue weighted by Gasteiger charge is 2.17. The molecule has 2 aromatic carbocycles. The fourth-order valence-corrected chi connectivity index (χ4v) is 4.81. The zero-order valence-electron chi connectivity index (χ0n) is 17.8. The van der Waals surface area contributed by atoms with Gasteiger partial charge in [-0.1, -0.05) is 36.8 Å². The normalized spacial score (nSPS) is 15.5. The SMILES string of the molecule is COCc1ccc(CCCCCN2CCN(c3ccccc3)CC2)cc1S(N)(=O)=O. The van der Waals surface area contributed by atoms with E-state index in [0.29, 0.717) is 5.56 Å². The topological polar surface area (TPSA) is 75.9 Å². The molecule has 3 rings (SSSR count). The van der Waals surface area contributed by atoms with Gasteiger partial charge in [-0.15, -0.1) is 0 Å². The second-order valence-electron chi connectivity index (χ2n) is 7.89. The molecule has 1 aliphatic heterocycles. The van der Waals surface area contributed by atoms with Crippen LogP contribution in [0.2, 0.25) is 0 Å². The Bertz CT molecular complexity index is 895. The van der Waals surface area contributed by atoms with Crippen LogP contribution >= 0.6 is 0 Å². The van der Waals surface area contributed by atoms with Crippen molar-refractivity contribution < 1.29 is 13.2 Å². The molecule has 0 spiro atoms. The molecule has 2 N–H and O–H groups in total. The van der Waals surface area contributed by atoms with Crippen LogP contribution in [0, 0.1) is 0 Å². The fraction of sp³-hybridized carbons (Fsp3) is 0.478. The van der Waals surface area contributed by atoms with Crippen LogP contribution in [0.3, 0.4) is 0 Å². The minimum Gasteiger partial charge on any atom is -0.380 e. The van der Waals surface area contributed by atoms with Gasteiger partial charge in [0.15, 0.2) is 0 Å². The van der Waals surface area contributed by atoms with Crippen molar-refractivity contribution in [3.63, 3.8) is 0 Å². The molecule has 6 nitrogen and oxygen atoms in total. The van der Waals surface area contributed by atoms with E-state index < -0.39 is 10.0 Å². The summed E-state index contributed by atoms with van der Waals surface area (Å²) in [4.78, 5) is 5.17. The molecule has 0 amide bonds. The summed E-state index contributed by atoms with van der Waals surface area (Å²) in [5, 5.41) is 5.37. The van der Waals surface area contributed by atoms with Gasteiger partial charge in [0.05, 0.1) is 11.5 Å². The lowest BCUT2D eigenvalue weighted by Crippen LogP contribution is -2.46. The summed E-state index contributed by atoms with van der Waals surface area (Å²) in [6.45, 7) is 5.73. The quantitative estimate of drug-likeness (QED) is 0.585. The Morgan fingerprint density at radius 3 is 2.37 bits per heavy atom. The summed E-state index contributed by atoms with van der Waals surface area (Å²) in [7, 11) is -2.20. The number of rotatable bonds is 10. The van der Waals surface area contributed by atoms with E-state index in [4.69, 9.17) is 9.88 Å². The lowest BCUT2D eigenvalue weighted by Gasteiger charge is -2.36. The standard InChI is InChI=1S/C23H33N3O3S/c1-29-19-21-12-11-20(18-23(21)30(24,27)28)8-4-3-7-13-25-14-16-26(17-15-25)22-9-5-2-6-10-22/h2,5-6,9-12,18H,3-4,7-8,13-17,19H2,1H3,(H2,24,27,28). The largest absolute Gasteiger partial charge is 0.380 e. The minimum atomic E-state index is -3.74. The van der Waals surface area contributed by atoms with Crippen LogP contribution < -0.4 is 10.0 Å². The molecule has 30 heavy (non-hydrogen) atoms. The molecular formula is C23H33N3O3S. The highest BCUT2D eigenvalue weighted by atomic mass is 32.2. The van der Waals surface area contributed by atoms with Gasteiger partial charge in [0, 0.05) is 39.0 Å². The van der Waals surface area contributed by atoms with E-state index >= 15 is 0 Å². The molecule has 0 unspecified atom stereocenters. The number of aryl methyl sites for hydroxylation is 1. The Morgan fingerprint density at radius 2 is 1.70 bits per heavy atom. The minimum absolute atomic E-state index is 0.179. The van der Waals surface area contributed by atoms with Gasteiger partial charge < -0.3 is 9.64 Å². The van der Waals surface area contributed by atoms with Crippen molar-refractivity contribution in [3.8, 4) is 0 Å². The molecule has 0 atom stereocenters. The van der Waals surface area contributed by atoms with Crippen LogP contribution in [0.15, 0.2) is 53.4 Å². The van der Waals surface area contributed by atoms with Gasteiger partial charge >= 0.3 is 0 Å². The van der Waals surface area contributed by atoms with Crippen molar-refractivity contribution in [2.75, 3.05) is 44.7 Å². The first-order valence-electron chi connectivity index (χ1n) is 10.6. The number of benzene rings is 2. The molecule has 2 aromatic rings. The lowest BCUT2D eigenvalue weighted by molar-refractivity contribution is 0.182. The molecule has 1 fully saturated rings. The number of primary sulfonamides is 1. The number of para-hydroxylation sites is 1.